The molecule has 0 spiro atoms. The number of fused-ring (bicyclic) bond motifs is 2. The van der Waals surface area contributed by atoms with Gasteiger partial charge in [-0.3, -0.25) is 18.8 Å². The number of carbonyl (C=O) groups is 1. The molecule has 220 valence electrons. The topological polar surface area (TPSA) is 144 Å². The standard InChI is InChI=1S/C28H31ClN8O4S/c1-15-9-19(16(2)30-21-7-8-23(29)31-25(21)26(38)34-42(4,40)41)24-20(10-15)27(39)35(3)28(32-24)36-12-18-13-37(11-17-5-6-17)33-22(18)14-36/h7-10,13,16-17,30H,5-6,11-12,14H2,1-4H3,(H,34,38)/t16-/m1/s1. The molecule has 1 saturated carbocycles. The zero-order valence-electron chi connectivity index (χ0n) is 23.7. The van der Waals surface area contributed by atoms with Crippen molar-refractivity contribution in [3.8, 4) is 0 Å². The number of benzene rings is 1. The van der Waals surface area contributed by atoms with Crippen LogP contribution >= 0.6 is 11.6 Å². The van der Waals surface area contributed by atoms with Gasteiger partial charge in [0.2, 0.25) is 16.0 Å². The Morgan fingerprint density at radius 1 is 1.19 bits per heavy atom. The molecule has 12 nitrogen and oxygen atoms in total. The molecule has 0 saturated heterocycles. The second kappa shape index (κ2) is 10.4. The fourth-order valence-electron chi connectivity index (χ4n) is 5.42. The van der Waals surface area contributed by atoms with Gasteiger partial charge < -0.3 is 10.2 Å². The maximum Gasteiger partial charge on any atom is 0.285 e. The number of anilines is 2. The van der Waals surface area contributed by atoms with Crippen LogP contribution in [0.4, 0.5) is 11.6 Å². The van der Waals surface area contributed by atoms with Gasteiger partial charge >= 0.3 is 0 Å². The minimum Gasteiger partial charge on any atom is -0.377 e. The van der Waals surface area contributed by atoms with Gasteiger partial charge in [-0.15, -0.1) is 0 Å². The number of rotatable bonds is 8. The Morgan fingerprint density at radius 3 is 2.64 bits per heavy atom. The maximum atomic E-state index is 13.6. The summed E-state index contributed by atoms with van der Waals surface area (Å²) in [6.45, 7) is 5.89. The summed E-state index contributed by atoms with van der Waals surface area (Å²) >= 11 is 6.03. The fraction of sp³-hybridized carbons (Fsp3) is 0.393. The molecule has 1 aromatic carbocycles. The monoisotopic (exact) mass is 610 g/mol. The zero-order valence-corrected chi connectivity index (χ0v) is 25.3. The molecule has 0 radical (unpaired) electrons. The van der Waals surface area contributed by atoms with Crippen LogP contribution in [-0.4, -0.2) is 44.9 Å². The van der Waals surface area contributed by atoms with E-state index in [0.29, 0.717) is 29.9 Å². The molecule has 14 heteroatoms. The van der Waals surface area contributed by atoms with Gasteiger partial charge in [-0.05, 0) is 56.4 Å². The Balaban J connectivity index is 1.35. The molecule has 0 unspecified atom stereocenters. The van der Waals surface area contributed by atoms with Crippen molar-refractivity contribution in [2.75, 3.05) is 16.5 Å². The number of hydrogen-bond acceptors (Lipinski definition) is 9. The summed E-state index contributed by atoms with van der Waals surface area (Å²) in [7, 11) is -2.10. The normalized spacial score (nSPS) is 15.6. The third-order valence-corrected chi connectivity index (χ3v) is 8.34. The van der Waals surface area contributed by atoms with E-state index in [4.69, 9.17) is 21.7 Å². The number of pyridine rings is 1. The van der Waals surface area contributed by atoms with Crippen molar-refractivity contribution in [3.63, 3.8) is 0 Å². The Kier molecular flexibility index (Phi) is 6.97. The van der Waals surface area contributed by atoms with Gasteiger partial charge in [-0.25, -0.2) is 23.1 Å². The first-order valence-electron chi connectivity index (χ1n) is 13.6. The summed E-state index contributed by atoms with van der Waals surface area (Å²) in [6, 6.07) is 6.37. The molecule has 4 heterocycles. The Morgan fingerprint density at radius 2 is 1.95 bits per heavy atom. The van der Waals surface area contributed by atoms with E-state index in [0.717, 1.165) is 41.1 Å². The molecule has 0 bridgehead atoms. The van der Waals surface area contributed by atoms with Crippen molar-refractivity contribution < 1.29 is 13.2 Å². The summed E-state index contributed by atoms with van der Waals surface area (Å²) in [5.74, 6) is 0.360. The lowest BCUT2D eigenvalue weighted by Crippen LogP contribution is -2.31. The predicted molar refractivity (Wildman–Crippen MR) is 160 cm³/mol. The number of sulfonamides is 1. The summed E-state index contributed by atoms with van der Waals surface area (Å²) in [6.07, 6.45) is 5.51. The van der Waals surface area contributed by atoms with E-state index in [-0.39, 0.29) is 22.1 Å². The smallest absolute Gasteiger partial charge is 0.285 e. The maximum absolute atomic E-state index is 13.6. The Hall–Kier alpha value is -3.97. The van der Waals surface area contributed by atoms with Crippen molar-refractivity contribution >= 4 is 50.1 Å². The molecule has 42 heavy (non-hydrogen) atoms. The number of amides is 1. The number of halogens is 1. The molecular formula is C28H31ClN8O4S. The molecule has 6 rings (SSSR count). The van der Waals surface area contributed by atoms with Crippen LogP contribution in [0.15, 0.2) is 35.3 Å². The van der Waals surface area contributed by atoms with Crippen LogP contribution in [0.5, 0.6) is 0 Å². The first-order valence-corrected chi connectivity index (χ1v) is 15.9. The second-order valence-electron chi connectivity index (χ2n) is 11.2. The quantitative estimate of drug-likeness (QED) is 0.287. The van der Waals surface area contributed by atoms with Crippen LogP contribution < -0.4 is 20.5 Å². The number of nitrogens with one attached hydrogen (secondary N) is 2. The first kappa shape index (κ1) is 28.2. The van der Waals surface area contributed by atoms with E-state index in [1.165, 1.54) is 18.9 Å². The largest absolute Gasteiger partial charge is 0.377 e. The SMILES string of the molecule is Cc1cc([C@@H](C)Nc2ccc(Cl)nc2C(=O)NS(C)(=O)=O)c2nc(N3Cc4cn(CC5CC5)nc4C3)n(C)c(=O)c2c1. The molecule has 1 atom stereocenters. The fourth-order valence-corrected chi connectivity index (χ4v) is 6.00. The van der Waals surface area contributed by atoms with E-state index >= 15 is 0 Å². The number of aromatic nitrogens is 5. The Labute approximate surface area is 247 Å². The number of carbonyl (C=O) groups excluding carboxylic acids is 1. The van der Waals surface area contributed by atoms with Crippen molar-refractivity contribution in [2.24, 2.45) is 13.0 Å². The summed E-state index contributed by atoms with van der Waals surface area (Å²) in [4.78, 5) is 37.5. The molecule has 2 aliphatic rings. The molecule has 3 aromatic heterocycles. The van der Waals surface area contributed by atoms with Gasteiger partial charge in [0, 0.05) is 37.5 Å². The highest BCUT2D eigenvalue weighted by atomic mass is 35.5. The molecule has 2 N–H and O–H groups in total. The van der Waals surface area contributed by atoms with Gasteiger partial charge in [0.25, 0.3) is 11.5 Å². The van der Waals surface area contributed by atoms with E-state index in [2.05, 4.69) is 21.4 Å². The van der Waals surface area contributed by atoms with Crippen molar-refractivity contribution in [2.45, 2.75) is 52.4 Å². The minimum absolute atomic E-state index is 0.0356. The minimum atomic E-state index is -3.83. The van der Waals surface area contributed by atoms with Crippen molar-refractivity contribution in [1.82, 2.24) is 29.0 Å². The number of hydrogen-bond donors (Lipinski definition) is 2. The molecule has 1 amide bonds. The van der Waals surface area contributed by atoms with Crippen molar-refractivity contribution in [3.05, 3.63) is 74.0 Å². The highest BCUT2D eigenvalue weighted by Crippen LogP contribution is 2.33. The van der Waals surface area contributed by atoms with Crippen LogP contribution in [0.2, 0.25) is 5.15 Å². The highest BCUT2D eigenvalue weighted by Gasteiger charge is 2.29. The molecule has 1 aliphatic carbocycles. The third kappa shape index (κ3) is 5.58. The first-order chi connectivity index (χ1) is 19.9. The molecule has 4 aromatic rings. The second-order valence-corrected chi connectivity index (χ2v) is 13.4. The van der Waals surface area contributed by atoms with E-state index < -0.39 is 22.0 Å². The van der Waals surface area contributed by atoms with Gasteiger partial charge in [0.05, 0.1) is 41.1 Å². The Bertz CT molecular complexity index is 1890. The van der Waals surface area contributed by atoms with Crippen LogP contribution in [0, 0.1) is 12.8 Å². The lowest BCUT2D eigenvalue weighted by Gasteiger charge is -2.23. The summed E-state index contributed by atoms with van der Waals surface area (Å²) in [5.41, 5.74) is 4.21. The van der Waals surface area contributed by atoms with Gasteiger partial charge in [-0.1, -0.05) is 17.7 Å². The van der Waals surface area contributed by atoms with Gasteiger partial charge in [0.15, 0.2) is 5.69 Å². The summed E-state index contributed by atoms with van der Waals surface area (Å²) < 4.78 is 28.9. The highest BCUT2D eigenvalue weighted by molar-refractivity contribution is 7.89. The lowest BCUT2D eigenvalue weighted by atomic mass is 10.0. The van der Waals surface area contributed by atoms with Crippen LogP contribution in [-0.2, 0) is 36.7 Å². The predicted octanol–water partition coefficient (Wildman–Crippen LogP) is 3.28. The van der Waals surface area contributed by atoms with Gasteiger partial charge in [0.1, 0.15) is 5.15 Å². The molecular weight excluding hydrogens is 580 g/mol. The molecule has 1 aliphatic heterocycles. The lowest BCUT2D eigenvalue weighted by molar-refractivity contribution is 0.0977. The number of aryl methyl sites for hydroxylation is 1. The zero-order chi connectivity index (χ0) is 29.9. The van der Waals surface area contributed by atoms with E-state index in [1.807, 2.05) is 35.4 Å². The average Bonchev–Trinajstić information content (AvgIpc) is 3.52. The average molecular weight is 611 g/mol. The van der Waals surface area contributed by atoms with Crippen molar-refractivity contribution in [1.29, 1.82) is 0 Å². The van der Waals surface area contributed by atoms with Gasteiger partial charge in [-0.2, -0.15) is 5.10 Å². The number of nitrogens with zero attached hydrogens (tertiary/aromatic N) is 6. The third-order valence-electron chi connectivity index (χ3n) is 7.58. The molecule has 1 fully saturated rings. The van der Waals surface area contributed by atoms with E-state index in [1.54, 1.807) is 17.7 Å². The summed E-state index contributed by atoms with van der Waals surface area (Å²) in [5, 5.41) is 8.54. The van der Waals surface area contributed by atoms with Crippen LogP contribution in [0.25, 0.3) is 10.9 Å². The van der Waals surface area contributed by atoms with Crippen LogP contribution in [0.1, 0.15) is 58.7 Å². The van der Waals surface area contributed by atoms with E-state index in [9.17, 15) is 18.0 Å². The van der Waals surface area contributed by atoms with Crippen LogP contribution in [0.3, 0.4) is 0 Å².